The number of carbonyl (C=O) groups excluding carboxylic acids is 2. The lowest BCUT2D eigenvalue weighted by molar-refractivity contribution is -0.150. The van der Waals surface area contributed by atoms with Crippen LogP contribution in [-0.2, 0) is 14.3 Å². The third kappa shape index (κ3) is 7.08. The summed E-state index contributed by atoms with van der Waals surface area (Å²) in [6.07, 6.45) is -0.278. The highest BCUT2D eigenvalue weighted by Crippen LogP contribution is 1.99. The summed E-state index contributed by atoms with van der Waals surface area (Å²) in [5, 5.41) is 0. The third-order valence-electron chi connectivity index (χ3n) is 2.14. The summed E-state index contributed by atoms with van der Waals surface area (Å²) >= 11 is 0. The Balaban J connectivity index is 3.86. The molecule has 15 heavy (non-hydrogen) atoms. The van der Waals surface area contributed by atoms with Gasteiger partial charge in [-0.3, -0.25) is 9.59 Å². The van der Waals surface area contributed by atoms with Crippen LogP contribution in [0.4, 0.5) is 0 Å². The lowest BCUT2D eigenvalue weighted by Gasteiger charge is -2.22. The fourth-order valence-electron chi connectivity index (χ4n) is 1.35. The van der Waals surface area contributed by atoms with E-state index in [4.69, 9.17) is 4.74 Å². The van der Waals surface area contributed by atoms with E-state index in [-0.39, 0.29) is 18.3 Å². The summed E-state index contributed by atoms with van der Waals surface area (Å²) < 4.78 is 5.09. The number of carbonyl (C=O) groups is 2. The van der Waals surface area contributed by atoms with Gasteiger partial charge in [0.2, 0.25) is 0 Å². The van der Waals surface area contributed by atoms with Crippen LogP contribution < -0.4 is 0 Å². The van der Waals surface area contributed by atoms with Crippen molar-refractivity contribution in [2.24, 2.45) is 0 Å². The maximum atomic E-state index is 11.2. The summed E-state index contributed by atoms with van der Waals surface area (Å²) in [5.41, 5.74) is 0. The van der Waals surface area contributed by atoms with Crippen LogP contribution >= 0.6 is 0 Å². The molecule has 1 unspecified atom stereocenters. The van der Waals surface area contributed by atoms with Crippen LogP contribution in [0.15, 0.2) is 0 Å². The van der Waals surface area contributed by atoms with Crippen LogP contribution in [-0.4, -0.2) is 42.4 Å². The molecule has 0 radical (unpaired) electrons. The first-order valence-corrected chi connectivity index (χ1v) is 5.40. The van der Waals surface area contributed by atoms with E-state index in [0.717, 1.165) is 19.6 Å². The van der Waals surface area contributed by atoms with Crippen LogP contribution in [0.25, 0.3) is 0 Å². The van der Waals surface area contributed by atoms with Crippen molar-refractivity contribution in [1.82, 2.24) is 4.90 Å². The maximum Gasteiger partial charge on any atom is 0.313 e. The molecule has 0 aromatic carbocycles. The molecule has 0 heterocycles. The molecule has 88 valence electrons. The second kappa shape index (κ2) is 7.40. The van der Waals surface area contributed by atoms with E-state index in [2.05, 4.69) is 18.7 Å². The Bertz CT molecular complexity index is 212. The van der Waals surface area contributed by atoms with Crippen molar-refractivity contribution in [2.45, 2.75) is 40.2 Å². The number of ether oxygens (including phenoxy) is 1. The first-order chi connectivity index (χ1) is 6.99. The molecule has 4 heteroatoms. The number of esters is 1. The van der Waals surface area contributed by atoms with E-state index in [0.29, 0.717) is 0 Å². The van der Waals surface area contributed by atoms with Crippen molar-refractivity contribution >= 4 is 11.8 Å². The molecule has 0 fully saturated rings. The summed E-state index contributed by atoms with van der Waals surface area (Å²) in [7, 11) is 0. The smallest absolute Gasteiger partial charge is 0.313 e. The number of Topliss-reactive ketones (excluding diaryl/α,β-unsaturated/α-hetero) is 1. The molecule has 0 saturated carbocycles. The second-order valence-electron chi connectivity index (χ2n) is 3.67. The van der Waals surface area contributed by atoms with Crippen LogP contribution in [0.1, 0.15) is 34.1 Å². The van der Waals surface area contributed by atoms with Gasteiger partial charge in [0.25, 0.3) is 0 Å². The van der Waals surface area contributed by atoms with Gasteiger partial charge in [0, 0.05) is 6.54 Å². The van der Waals surface area contributed by atoms with Gasteiger partial charge in [-0.05, 0) is 26.9 Å². The highest BCUT2D eigenvalue weighted by Gasteiger charge is 2.13. The Morgan fingerprint density at radius 3 is 2.20 bits per heavy atom. The molecule has 0 aliphatic rings. The summed E-state index contributed by atoms with van der Waals surface area (Å²) in [4.78, 5) is 24.0. The number of ketones is 1. The normalized spacial score (nSPS) is 12.6. The molecule has 0 aromatic rings. The lowest BCUT2D eigenvalue weighted by atomic mass is 10.3. The first-order valence-electron chi connectivity index (χ1n) is 5.40. The maximum absolute atomic E-state index is 11.2. The number of hydrogen-bond donors (Lipinski definition) is 0. The van der Waals surface area contributed by atoms with Gasteiger partial charge >= 0.3 is 5.97 Å². The molecule has 0 amide bonds. The molecule has 1 atom stereocenters. The minimum Gasteiger partial charge on any atom is -0.461 e. The molecular formula is C11H21NO3. The van der Waals surface area contributed by atoms with E-state index >= 15 is 0 Å². The minimum absolute atomic E-state index is 0.122. The van der Waals surface area contributed by atoms with Gasteiger partial charge in [-0.15, -0.1) is 0 Å². The zero-order chi connectivity index (χ0) is 11.8. The first kappa shape index (κ1) is 14.1. The monoisotopic (exact) mass is 215 g/mol. The molecule has 0 N–H and O–H groups in total. The largest absolute Gasteiger partial charge is 0.461 e. The molecule has 0 rings (SSSR count). The third-order valence-corrected chi connectivity index (χ3v) is 2.14. The van der Waals surface area contributed by atoms with Crippen LogP contribution in [0.3, 0.4) is 0 Å². The van der Waals surface area contributed by atoms with Gasteiger partial charge in [0.15, 0.2) is 0 Å². The van der Waals surface area contributed by atoms with E-state index in [1.54, 1.807) is 0 Å². The Morgan fingerprint density at radius 2 is 1.80 bits per heavy atom. The van der Waals surface area contributed by atoms with E-state index in [1.807, 2.05) is 6.92 Å². The van der Waals surface area contributed by atoms with Crippen molar-refractivity contribution in [1.29, 1.82) is 0 Å². The topological polar surface area (TPSA) is 46.6 Å². The van der Waals surface area contributed by atoms with Crippen molar-refractivity contribution < 1.29 is 14.3 Å². The van der Waals surface area contributed by atoms with Gasteiger partial charge in [0.1, 0.15) is 18.3 Å². The summed E-state index contributed by atoms with van der Waals surface area (Å²) in [6.45, 7) is 9.95. The fourth-order valence-corrected chi connectivity index (χ4v) is 1.35. The fraction of sp³-hybridized carbons (Fsp3) is 0.818. The molecular weight excluding hydrogens is 194 g/mol. The van der Waals surface area contributed by atoms with Gasteiger partial charge < -0.3 is 9.64 Å². The van der Waals surface area contributed by atoms with E-state index < -0.39 is 5.97 Å². The van der Waals surface area contributed by atoms with Crippen LogP contribution in [0.2, 0.25) is 0 Å². The Kier molecular flexibility index (Phi) is 6.96. The highest BCUT2D eigenvalue weighted by atomic mass is 16.5. The highest BCUT2D eigenvalue weighted by molar-refractivity contribution is 5.94. The van der Waals surface area contributed by atoms with E-state index in [1.165, 1.54) is 6.92 Å². The van der Waals surface area contributed by atoms with Crippen molar-refractivity contribution in [3.63, 3.8) is 0 Å². The Labute approximate surface area is 91.6 Å². The van der Waals surface area contributed by atoms with Gasteiger partial charge in [-0.1, -0.05) is 13.8 Å². The van der Waals surface area contributed by atoms with Crippen molar-refractivity contribution in [2.75, 3.05) is 19.6 Å². The molecule has 0 aliphatic carbocycles. The van der Waals surface area contributed by atoms with Crippen LogP contribution in [0.5, 0.6) is 0 Å². The molecule has 4 nitrogen and oxygen atoms in total. The number of rotatable bonds is 7. The number of likely N-dealkylation sites (N-methyl/N-ethyl adjacent to an activating group) is 1. The van der Waals surface area contributed by atoms with E-state index in [9.17, 15) is 9.59 Å². The standard InChI is InChI=1S/C11H21NO3/c1-5-12(6-2)8-10(4)15-11(14)7-9(3)13/h10H,5-8H2,1-4H3. The van der Waals surface area contributed by atoms with Gasteiger partial charge in [-0.25, -0.2) is 0 Å². The Hall–Kier alpha value is -0.900. The van der Waals surface area contributed by atoms with Gasteiger partial charge in [0.05, 0.1) is 0 Å². The molecule has 0 saturated heterocycles. The van der Waals surface area contributed by atoms with Gasteiger partial charge in [-0.2, -0.15) is 0 Å². The average molecular weight is 215 g/mol. The van der Waals surface area contributed by atoms with Crippen molar-refractivity contribution in [3.05, 3.63) is 0 Å². The Morgan fingerprint density at radius 1 is 1.27 bits per heavy atom. The second-order valence-corrected chi connectivity index (χ2v) is 3.67. The quantitative estimate of drug-likeness (QED) is 0.473. The predicted octanol–water partition coefficient (Wildman–Crippen LogP) is 1.24. The zero-order valence-electron chi connectivity index (χ0n) is 10.1. The SMILES string of the molecule is CCN(CC)CC(C)OC(=O)CC(C)=O. The minimum atomic E-state index is -0.429. The molecule has 0 spiro atoms. The lowest BCUT2D eigenvalue weighted by Crippen LogP contribution is -2.33. The average Bonchev–Trinajstić information content (AvgIpc) is 2.12. The molecule has 0 bridgehead atoms. The molecule has 0 aliphatic heterocycles. The zero-order valence-corrected chi connectivity index (χ0v) is 10.1. The number of hydrogen-bond acceptors (Lipinski definition) is 4. The predicted molar refractivity (Wildman–Crippen MR) is 58.6 cm³/mol. The summed E-state index contributed by atoms with van der Waals surface area (Å²) in [6, 6.07) is 0. The van der Waals surface area contributed by atoms with Crippen LogP contribution in [0, 0.1) is 0 Å². The summed E-state index contributed by atoms with van der Waals surface area (Å²) in [5.74, 6) is -0.586. The number of nitrogens with zero attached hydrogens (tertiary/aromatic N) is 1. The molecule has 0 aromatic heterocycles. The van der Waals surface area contributed by atoms with Crippen molar-refractivity contribution in [3.8, 4) is 0 Å².